The van der Waals surface area contributed by atoms with Gasteiger partial charge in [-0.2, -0.15) is 0 Å². The van der Waals surface area contributed by atoms with Crippen LogP contribution in [0, 0.1) is 5.82 Å². The smallest absolute Gasteiger partial charge is 0.340 e. The molecule has 4 nitrogen and oxygen atoms in total. The lowest BCUT2D eigenvalue weighted by molar-refractivity contribution is 0.0603. The average Bonchev–Trinajstić information content (AvgIpc) is 2.92. The van der Waals surface area contributed by atoms with Crippen LogP contribution in [0.25, 0.3) is 22.4 Å². The molecule has 0 atom stereocenters. The van der Waals surface area contributed by atoms with Crippen LogP contribution in [0.3, 0.4) is 0 Å². The van der Waals surface area contributed by atoms with Crippen LogP contribution in [-0.4, -0.2) is 23.0 Å². The van der Waals surface area contributed by atoms with Gasteiger partial charge in [0, 0.05) is 10.0 Å². The number of halogens is 2. The molecule has 2 aromatic carbocycles. The monoisotopic (exact) mass is 348 g/mol. The number of nitrogens with zero attached hydrogens (tertiary/aromatic N) is 1. The lowest BCUT2D eigenvalue weighted by atomic mass is 10.2. The topological polar surface area (TPSA) is 55.0 Å². The minimum Gasteiger partial charge on any atom is -0.465 e. The number of ether oxygens (including phenoxy) is 1. The van der Waals surface area contributed by atoms with E-state index in [0.29, 0.717) is 32.5 Å². The first-order valence-corrected chi connectivity index (χ1v) is 6.92. The average molecular weight is 349 g/mol. The van der Waals surface area contributed by atoms with E-state index >= 15 is 0 Å². The highest BCUT2D eigenvalue weighted by Gasteiger charge is 2.16. The molecule has 106 valence electrons. The quantitative estimate of drug-likeness (QED) is 0.714. The lowest BCUT2D eigenvalue weighted by Gasteiger charge is -2.00. The molecule has 0 aliphatic carbocycles. The van der Waals surface area contributed by atoms with E-state index in [1.165, 1.54) is 19.2 Å². The number of benzene rings is 2. The predicted octanol–water partition coefficient (Wildman–Crippen LogP) is 3.92. The Balaban J connectivity index is 2.22. The zero-order valence-corrected chi connectivity index (χ0v) is 12.6. The van der Waals surface area contributed by atoms with Gasteiger partial charge in [0.05, 0.1) is 18.2 Å². The number of imidazole rings is 1. The fourth-order valence-corrected chi connectivity index (χ4v) is 2.55. The molecule has 0 amide bonds. The Labute approximate surface area is 128 Å². The molecule has 0 radical (unpaired) electrons. The molecule has 0 aliphatic rings. The SMILES string of the molecule is COC(=O)c1cccc2[nH]c(-c3cc(F)ccc3Br)nc12. The largest absolute Gasteiger partial charge is 0.465 e. The molecule has 0 saturated carbocycles. The number of H-pyrrole nitrogens is 1. The Morgan fingerprint density at radius 2 is 2.14 bits per heavy atom. The summed E-state index contributed by atoms with van der Waals surface area (Å²) in [4.78, 5) is 19.2. The molecule has 0 unspecified atom stereocenters. The standard InChI is InChI=1S/C15H10BrFN2O2/c1-21-15(20)9-3-2-4-12-13(9)19-14(18-12)10-7-8(17)5-6-11(10)16/h2-7H,1H3,(H,18,19). The summed E-state index contributed by atoms with van der Waals surface area (Å²) in [5.41, 5.74) is 2.13. The molecule has 0 saturated heterocycles. The molecule has 0 fully saturated rings. The molecular weight excluding hydrogens is 339 g/mol. The number of hydrogen-bond acceptors (Lipinski definition) is 3. The first-order chi connectivity index (χ1) is 10.1. The van der Waals surface area contributed by atoms with E-state index in [9.17, 15) is 9.18 Å². The minimum atomic E-state index is -0.461. The third-order valence-corrected chi connectivity index (χ3v) is 3.79. The molecular formula is C15H10BrFN2O2. The number of nitrogens with one attached hydrogen (secondary N) is 1. The van der Waals surface area contributed by atoms with E-state index in [-0.39, 0.29) is 5.82 Å². The van der Waals surface area contributed by atoms with Crippen molar-refractivity contribution < 1.29 is 13.9 Å². The van der Waals surface area contributed by atoms with Crippen molar-refractivity contribution in [3.8, 4) is 11.4 Å². The first kappa shape index (κ1) is 13.8. The Morgan fingerprint density at radius 3 is 2.90 bits per heavy atom. The summed E-state index contributed by atoms with van der Waals surface area (Å²) in [6.45, 7) is 0. The maximum absolute atomic E-state index is 13.4. The number of esters is 1. The Bertz CT molecular complexity index is 845. The van der Waals surface area contributed by atoms with Gasteiger partial charge in [0.1, 0.15) is 17.2 Å². The summed E-state index contributed by atoms with van der Waals surface area (Å²) in [6, 6.07) is 9.51. The summed E-state index contributed by atoms with van der Waals surface area (Å²) in [5, 5.41) is 0. The van der Waals surface area contributed by atoms with E-state index in [0.717, 1.165) is 0 Å². The van der Waals surface area contributed by atoms with Crippen molar-refractivity contribution in [3.05, 3.63) is 52.3 Å². The lowest BCUT2D eigenvalue weighted by Crippen LogP contribution is -2.01. The molecule has 1 N–H and O–H groups in total. The number of methoxy groups -OCH3 is 1. The zero-order chi connectivity index (χ0) is 15.0. The van der Waals surface area contributed by atoms with Gasteiger partial charge in [0.2, 0.25) is 0 Å². The fourth-order valence-electron chi connectivity index (χ4n) is 2.11. The highest BCUT2D eigenvalue weighted by atomic mass is 79.9. The molecule has 0 bridgehead atoms. The van der Waals surface area contributed by atoms with Crippen molar-refractivity contribution in [2.45, 2.75) is 0 Å². The molecule has 1 heterocycles. The van der Waals surface area contributed by atoms with Gasteiger partial charge >= 0.3 is 5.97 Å². The summed E-state index contributed by atoms with van der Waals surface area (Å²) < 4.78 is 18.9. The van der Waals surface area contributed by atoms with Crippen molar-refractivity contribution >= 4 is 32.9 Å². The normalized spacial score (nSPS) is 10.8. The van der Waals surface area contributed by atoms with Crippen molar-refractivity contribution in [1.29, 1.82) is 0 Å². The van der Waals surface area contributed by atoms with Gasteiger partial charge in [-0.3, -0.25) is 0 Å². The maximum Gasteiger partial charge on any atom is 0.340 e. The summed E-state index contributed by atoms with van der Waals surface area (Å²) in [5.74, 6) is -0.341. The second-order valence-corrected chi connectivity index (χ2v) is 5.26. The molecule has 3 rings (SSSR count). The van der Waals surface area contributed by atoms with Crippen LogP contribution < -0.4 is 0 Å². The second kappa shape index (κ2) is 5.29. The minimum absolute atomic E-state index is 0.359. The van der Waals surface area contributed by atoms with Gasteiger partial charge in [-0.15, -0.1) is 0 Å². The summed E-state index contributed by atoms with van der Waals surface area (Å²) in [6.07, 6.45) is 0. The molecule has 0 aliphatic heterocycles. The van der Waals surface area contributed by atoms with Crippen LogP contribution in [0.2, 0.25) is 0 Å². The van der Waals surface area contributed by atoms with E-state index in [4.69, 9.17) is 4.74 Å². The van der Waals surface area contributed by atoms with E-state index in [1.54, 1.807) is 24.3 Å². The molecule has 0 spiro atoms. The van der Waals surface area contributed by atoms with Crippen LogP contribution in [0.15, 0.2) is 40.9 Å². The van der Waals surface area contributed by atoms with Crippen LogP contribution >= 0.6 is 15.9 Å². The Hall–Kier alpha value is -2.21. The van der Waals surface area contributed by atoms with Gasteiger partial charge in [-0.25, -0.2) is 14.2 Å². The van der Waals surface area contributed by atoms with Crippen LogP contribution in [0.4, 0.5) is 4.39 Å². The van der Waals surface area contributed by atoms with Gasteiger partial charge in [-0.1, -0.05) is 22.0 Å². The van der Waals surface area contributed by atoms with E-state index < -0.39 is 5.97 Å². The Kier molecular flexibility index (Phi) is 3.47. The number of aromatic amines is 1. The number of aromatic nitrogens is 2. The van der Waals surface area contributed by atoms with Crippen LogP contribution in [0.1, 0.15) is 10.4 Å². The zero-order valence-electron chi connectivity index (χ0n) is 11.0. The predicted molar refractivity (Wildman–Crippen MR) is 80.5 cm³/mol. The Morgan fingerprint density at radius 1 is 1.33 bits per heavy atom. The fraction of sp³-hybridized carbons (Fsp3) is 0.0667. The van der Waals surface area contributed by atoms with E-state index in [1.807, 2.05) is 0 Å². The van der Waals surface area contributed by atoms with Crippen LogP contribution in [-0.2, 0) is 4.74 Å². The molecule has 6 heteroatoms. The maximum atomic E-state index is 13.4. The highest BCUT2D eigenvalue weighted by molar-refractivity contribution is 9.10. The summed E-state index contributed by atoms with van der Waals surface area (Å²) >= 11 is 3.37. The van der Waals surface area contributed by atoms with Crippen LogP contribution in [0.5, 0.6) is 0 Å². The second-order valence-electron chi connectivity index (χ2n) is 4.40. The number of carbonyl (C=O) groups excluding carboxylic acids is 1. The van der Waals surface area contributed by atoms with Crippen molar-refractivity contribution in [2.75, 3.05) is 7.11 Å². The van der Waals surface area contributed by atoms with Gasteiger partial charge in [0.25, 0.3) is 0 Å². The molecule has 3 aromatic rings. The summed E-state index contributed by atoms with van der Waals surface area (Å²) in [7, 11) is 1.32. The van der Waals surface area contributed by atoms with Gasteiger partial charge in [-0.05, 0) is 30.3 Å². The number of fused-ring (bicyclic) bond motifs is 1. The molecule has 1 aromatic heterocycles. The third kappa shape index (κ3) is 2.42. The third-order valence-electron chi connectivity index (χ3n) is 3.10. The van der Waals surface area contributed by atoms with Gasteiger partial charge in [0.15, 0.2) is 0 Å². The van der Waals surface area contributed by atoms with Gasteiger partial charge < -0.3 is 9.72 Å². The van der Waals surface area contributed by atoms with Crippen molar-refractivity contribution in [1.82, 2.24) is 9.97 Å². The number of rotatable bonds is 2. The number of carbonyl (C=O) groups is 1. The molecule has 21 heavy (non-hydrogen) atoms. The number of para-hydroxylation sites is 1. The van der Waals surface area contributed by atoms with Crippen molar-refractivity contribution in [3.63, 3.8) is 0 Å². The van der Waals surface area contributed by atoms with Crippen molar-refractivity contribution in [2.24, 2.45) is 0 Å². The van der Waals surface area contributed by atoms with E-state index in [2.05, 4.69) is 25.9 Å². The highest BCUT2D eigenvalue weighted by Crippen LogP contribution is 2.29. The number of hydrogen-bond donors (Lipinski definition) is 1. The first-order valence-electron chi connectivity index (χ1n) is 6.12.